The van der Waals surface area contributed by atoms with Gasteiger partial charge in [-0.05, 0) is 51.2 Å². The normalized spacial score (nSPS) is 20.9. The fourth-order valence-corrected chi connectivity index (χ4v) is 6.79. The Hall–Kier alpha value is -4.33. The Balaban J connectivity index is 1.38. The number of amides is 1. The maximum atomic E-state index is 13.5. The summed E-state index contributed by atoms with van der Waals surface area (Å²) in [6.07, 6.45) is 2.29. The number of esters is 2. The Morgan fingerprint density at radius 3 is 2.27 bits per heavy atom. The van der Waals surface area contributed by atoms with Gasteiger partial charge in [0.05, 0.1) is 11.1 Å². The molecule has 1 saturated heterocycles. The SMILES string of the molecule is Cn1cc(C2=C(c3c4n(c5ccccc35)CC3CN(C(=O)OC(C)(C)C)CC3C4)C(=O)OC2=O)c2ccccc21. The molecule has 7 rings (SSSR count). The number of likely N-dealkylation sites (tertiary alicyclic amines) is 1. The molecule has 0 spiro atoms. The average molecular weight is 538 g/mol. The van der Waals surface area contributed by atoms with Gasteiger partial charge >= 0.3 is 18.0 Å². The lowest BCUT2D eigenvalue weighted by molar-refractivity contribution is -0.149. The number of aryl methyl sites for hydroxylation is 1. The Bertz CT molecular complexity index is 1780. The van der Waals surface area contributed by atoms with Crippen molar-refractivity contribution in [1.82, 2.24) is 14.0 Å². The second-order valence-corrected chi connectivity index (χ2v) is 12.2. The van der Waals surface area contributed by atoms with Crippen LogP contribution in [0.15, 0.2) is 54.7 Å². The molecule has 2 unspecified atom stereocenters. The number of carbonyl (C=O) groups excluding carboxylic acids is 3. The van der Waals surface area contributed by atoms with E-state index in [1.165, 1.54) is 0 Å². The van der Waals surface area contributed by atoms with E-state index < -0.39 is 17.5 Å². The van der Waals surface area contributed by atoms with Crippen LogP contribution in [0.25, 0.3) is 33.0 Å². The summed E-state index contributed by atoms with van der Waals surface area (Å²) in [6, 6.07) is 15.9. The van der Waals surface area contributed by atoms with Crippen molar-refractivity contribution < 1.29 is 23.9 Å². The molecule has 0 bridgehead atoms. The Morgan fingerprint density at radius 1 is 0.875 bits per heavy atom. The lowest BCUT2D eigenvalue weighted by Gasteiger charge is -2.27. The Labute approximate surface area is 231 Å². The van der Waals surface area contributed by atoms with E-state index in [1.807, 2.05) is 85.9 Å². The second-order valence-electron chi connectivity index (χ2n) is 12.2. The van der Waals surface area contributed by atoms with Crippen molar-refractivity contribution in [3.05, 3.63) is 71.5 Å². The van der Waals surface area contributed by atoms with Crippen LogP contribution >= 0.6 is 0 Å². The molecule has 3 aliphatic heterocycles. The van der Waals surface area contributed by atoms with Crippen molar-refractivity contribution in [2.75, 3.05) is 13.1 Å². The average Bonchev–Trinajstić information content (AvgIpc) is 3.63. The lowest BCUT2D eigenvalue weighted by Crippen LogP contribution is -2.35. The molecule has 4 aromatic rings. The van der Waals surface area contributed by atoms with E-state index in [0.29, 0.717) is 36.2 Å². The van der Waals surface area contributed by atoms with Gasteiger partial charge in [-0.3, -0.25) is 0 Å². The summed E-state index contributed by atoms with van der Waals surface area (Å²) in [6.45, 7) is 7.58. The molecule has 2 aromatic carbocycles. The van der Waals surface area contributed by atoms with Crippen LogP contribution < -0.4 is 0 Å². The van der Waals surface area contributed by atoms with Crippen LogP contribution in [0.4, 0.5) is 4.79 Å². The number of nitrogens with zero attached hydrogens (tertiary/aromatic N) is 3. The van der Waals surface area contributed by atoms with Crippen LogP contribution in [0.3, 0.4) is 0 Å². The van der Waals surface area contributed by atoms with Crippen molar-refractivity contribution >= 4 is 51.0 Å². The summed E-state index contributed by atoms with van der Waals surface area (Å²) >= 11 is 0. The summed E-state index contributed by atoms with van der Waals surface area (Å²) in [7, 11) is 1.93. The molecule has 0 saturated carbocycles. The van der Waals surface area contributed by atoms with E-state index >= 15 is 0 Å². The summed E-state index contributed by atoms with van der Waals surface area (Å²) in [4.78, 5) is 41.4. The molecular weight excluding hydrogens is 506 g/mol. The Morgan fingerprint density at radius 2 is 1.52 bits per heavy atom. The molecule has 5 heterocycles. The van der Waals surface area contributed by atoms with Gasteiger partial charge in [0.1, 0.15) is 5.60 Å². The highest BCUT2D eigenvalue weighted by Crippen LogP contribution is 2.46. The Kier molecular flexibility index (Phi) is 5.30. The number of hydrogen-bond donors (Lipinski definition) is 0. The first-order chi connectivity index (χ1) is 19.1. The van der Waals surface area contributed by atoms with Crippen molar-refractivity contribution in [2.24, 2.45) is 18.9 Å². The number of carbonyl (C=O) groups is 3. The zero-order valence-electron chi connectivity index (χ0n) is 23.1. The predicted molar refractivity (Wildman–Crippen MR) is 151 cm³/mol. The predicted octanol–water partition coefficient (Wildman–Crippen LogP) is 5.17. The van der Waals surface area contributed by atoms with E-state index in [4.69, 9.17) is 9.47 Å². The zero-order chi connectivity index (χ0) is 27.9. The zero-order valence-corrected chi connectivity index (χ0v) is 23.1. The fraction of sp³-hybridized carbons (Fsp3) is 0.344. The highest BCUT2D eigenvalue weighted by atomic mass is 16.6. The van der Waals surface area contributed by atoms with Gasteiger partial charge < -0.3 is 23.5 Å². The van der Waals surface area contributed by atoms with Gasteiger partial charge in [0.25, 0.3) is 0 Å². The van der Waals surface area contributed by atoms with Gasteiger partial charge in [0.15, 0.2) is 0 Å². The molecule has 0 aliphatic carbocycles. The number of fused-ring (bicyclic) bond motifs is 5. The highest BCUT2D eigenvalue weighted by molar-refractivity contribution is 6.47. The van der Waals surface area contributed by atoms with Crippen LogP contribution in [0.2, 0.25) is 0 Å². The number of rotatable bonds is 2. The first-order valence-electron chi connectivity index (χ1n) is 13.7. The van der Waals surface area contributed by atoms with Crippen LogP contribution in [-0.2, 0) is 39.1 Å². The molecular formula is C32H31N3O5. The quantitative estimate of drug-likeness (QED) is 0.260. The number of ether oxygens (including phenoxy) is 2. The van der Waals surface area contributed by atoms with Crippen LogP contribution in [0.1, 0.15) is 37.6 Å². The van der Waals surface area contributed by atoms with E-state index in [2.05, 4.69) is 10.6 Å². The van der Waals surface area contributed by atoms with E-state index in [9.17, 15) is 14.4 Å². The summed E-state index contributed by atoms with van der Waals surface area (Å²) < 4.78 is 15.2. The maximum absolute atomic E-state index is 13.5. The van der Waals surface area contributed by atoms with Crippen LogP contribution in [0.5, 0.6) is 0 Å². The standard InChI is InChI=1S/C32H31N3O5/c1-32(2,3)40-31(38)34-14-18-13-25-26(21-10-6-8-12-24(21)35(25)16-19(18)15-34)28-27(29(36)39-30(28)37)22-17-33(4)23-11-7-5-9-20(22)23/h5-12,17-19H,13-16H2,1-4H3. The number of aromatic nitrogens is 2. The van der Waals surface area contributed by atoms with Crippen LogP contribution in [-0.4, -0.2) is 50.8 Å². The molecule has 0 radical (unpaired) electrons. The molecule has 1 fully saturated rings. The molecule has 2 atom stereocenters. The van der Waals surface area contributed by atoms with Gasteiger partial charge in [0.2, 0.25) is 0 Å². The van der Waals surface area contributed by atoms with Crippen molar-refractivity contribution in [2.45, 2.75) is 39.3 Å². The molecule has 8 nitrogen and oxygen atoms in total. The minimum absolute atomic E-state index is 0.220. The smallest absolute Gasteiger partial charge is 0.410 e. The minimum Gasteiger partial charge on any atom is -0.444 e. The summed E-state index contributed by atoms with van der Waals surface area (Å²) in [5.74, 6) is -0.743. The van der Waals surface area contributed by atoms with E-state index in [1.54, 1.807) is 0 Å². The van der Waals surface area contributed by atoms with Gasteiger partial charge in [-0.1, -0.05) is 36.4 Å². The largest absolute Gasteiger partial charge is 0.444 e. The van der Waals surface area contributed by atoms with E-state index in [0.717, 1.165) is 39.6 Å². The summed E-state index contributed by atoms with van der Waals surface area (Å²) in [5, 5.41) is 1.83. The van der Waals surface area contributed by atoms with Crippen molar-refractivity contribution in [3.8, 4) is 0 Å². The molecule has 204 valence electrons. The van der Waals surface area contributed by atoms with Crippen LogP contribution in [0, 0.1) is 11.8 Å². The van der Waals surface area contributed by atoms with Gasteiger partial charge in [-0.15, -0.1) is 0 Å². The number of cyclic esters (lactones) is 2. The monoisotopic (exact) mass is 537 g/mol. The first-order valence-corrected chi connectivity index (χ1v) is 13.7. The molecule has 1 amide bonds. The van der Waals surface area contributed by atoms with Gasteiger partial charge in [0, 0.05) is 71.5 Å². The summed E-state index contributed by atoms with van der Waals surface area (Å²) in [5.41, 5.74) is 4.53. The molecule has 2 aromatic heterocycles. The minimum atomic E-state index is -0.619. The number of hydrogen-bond acceptors (Lipinski definition) is 5. The molecule has 8 heteroatoms. The molecule has 3 aliphatic rings. The van der Waals surface area contributed by atoms with Crippen molar-refractivity contribution in [1.29, 1.82) is 0 Å². The number of para-hydroxylation sites is 2. The van der Waals surface area contributed by atoms with E-state index in [-0.39, 0.29) is 17.9 Å². The molecule has 40 heavy (non-hydrogen) atoms. The highest BCUT2D eigenvalue weighted by Gasteiger charge is 2.44. The molecule has 0 N–H and O–H groups in total. The second kappa shape index (κ2) is 8.58. The first kappa shape index (κ1) is 24.7. The van der Waals surface area contributed by atoms with Gasteiger partial charge in [-0.25, -0.2) is 14.4 Å². The van der Waals surface area contributed by atoms with Gasteiger partial charge in [-0.2, -0.15) is 0 Å². The topological polar surface area (TPSA) is 82.8 Å². The number of benzene rings is 2. The third-order valence-electron chi connectivity index (χ3n) is 8.44. The lowest BCUT2D eigenvalue weighted by atomic mass is 9.85. The third kappa shape index (κ3) is 3.69. The van der Waals surface area contributed by atoms with Crippen molar-refractivity contribution in [3.63, 3.8) is 0 Å². The fourth-order valence-electron chi connectivity index (χ4n) is 6.79. The third-order valence-corrected chi connectivity index (χ3v) is 8.44. The maximum Gasteiger partial charge on any atom is 0.410 e.